The highest BCUT2D eigenvalue weighted by Crippen LogP contribution is 2.50. The summed E-state index contributed by atoms with van der Waals surface area (Å²) in [6.45, 7) is 6.60. The van der Waals surface area contributed by atoms with Crippen LogP contribution in [0.25, 0.3) is 0 Å². The van der Waals surface area contributed by atoms with E-state index < -0.39 is 0 Å². The van der Waals surface area contributed by atoms with Crippen LogP contribution in [0.4, 0.5) is 0 Å². The number of hydrogen-bond donors (Lipinski definition) is 1. The van der Waals surface area contributed by atoms with Gasteiger partial charge in [-0.05, 0) is 39.7 Å². The molecular weight excluding hydrogens is 186 g/mol. The first kappa shape index (κ1) is 11.4. The lowest BCUT2D eigenvalue weighted by atomic mass is 9.58. The van der Waals surface area contributed by atoms with Crippen molar-refractivity contribution in [1.82, 2.24) is 5.32 Å². The number of nitrogens with one attached hydrogen (secondary N) is 1. The van der Waals surface area contributed by atoms with Crippen molar-refractivity contribution < 1.29 is 4.74 Å². The summed E-state index contributed by atoms with van der Waals surface area (Å²) in [7, 11) is 2.09. The summed E-state index contributed by atoms with van der Waals surface area (Å²) in [5.41, 5.74) is 0.620. The van der Waals surface area contributed by atoms with Gasteiger partial charge in [0.05, 0.1) is 13.2 Å². The fourth-order valence-corrected chi connectivity index (χ4v) is 3.33. The predicted octanol–water partition coefficient (Wildman–Crippen LogP) is 2.58. The van der Waals surface area contributed by atoms with Crippen molar-refractivity contribution in [2.75, 3.05) is 20.3 Å². The van der Waals surface area contributed by atoms with Gasteiger partial charge in [-0.25, -0.2) is 0 Å². The summed E-state index contributed by atoms with van der Waals surface area (Å²) in [4.78, 5) is 0. The van der Waals surface area contributed by atoms with E-state index >= 15 is 0 Å². The van der Waals surface area contributed by atoms with Gasteiger partial charge in [-0.3, -0.25) is 0 Å². The maximum atomic E-state index is 5.54. The predicted molar refractivity (Wildman–Crippen MR) is 63.0 cm³/mol. The van der Waals surface area contributed by atoms with Crippen LogP contribution in [0.15, 0.2) is 0 Å². The third-order valence-electron chi connectivity index (χ3n) is 4.98. The second-order valence-corrected chi connectivity index (χ2v) is 5.86. The zero-order valence-corrected chi connectivity index (χ0v) is 10.4. The van der Waals surface area contributed by atoms with Gasteiger partial charge in [0.1, 0.15) is 0 Å². The summed E-state index contributed by atoms with van der Waals surface area (Å²) in [5, 5.41) is 3.50. The zero-order chi connectivity index (χ0) is 10.9. The molecule has 1 saturated heterocycles. The highest BCUT2D eigenvalue weighted by atomic mass is 16.5. The fraction of sp³-hybridized carbons (Fsp3) is 1.00. The van der Waals surface area contributed by atoms with Crippen LogP contribution in [0, 0.1) is 11.3 Å². The maximum absolute atomic E-state index is 5.54. The molecule has 0 aromatic rings. The molecule has 0 aromatic heterocycles. The zero-order valence-electron chi connectivity index (χ0n) is 10.4. The molecule has 0 radical (unpaired) electrons. The molecule has 2 rings (SSSR count). The highest BCUT2D eigenvalue weighted by Gasteiger charge is 2.54. The molecule has 2 fully saturated rings. The van der Waals surface area contributed by atoms with Crippen LogP contribution in [-0.4, -0.2) is 25.8 Å². The molecule has 0 spiro atoms. The first-order chi connectivity index (χ1) is 7.12. The van der Waals surface area contributed by atoms with Crippen LogP contribution in [0.1, 0.15) is 46.0 Å². The molecule has 1 N–H and O–H groups in total. The summed E-state index contributed by atoms with van der Waals surface area (Å²) in [6, 6.07) is 0. The SMILES string of the molecule is CNC(C)(C)C1(C2CCCCC2)COC1. The van der Waals surface area contributed by atoms with Crippen molar-refractivity contribution in [2.45, 2.75) is 51.5 Å². The Morgan fingerprint density at radius 3 is 2.13 bits per heavy atom. The monoisotopic (exact) mass is 211 g/mol. The minimum absolute atomic E-state index is 0.216. The van der Waals surface area contributed by atoms with Gasteiger partial charge in [0, 0.05) is 11.0 Å². The van der Waals surface area contributed by atoms with E-state index in [-0.39, 0.29) is 5.54 Å². The van der Waals surface area contributed by atoms with Gasteiger partial charge in [0.15, 0.2) is 0 Å². The van der Waals surface area contributed by atoms with Crippen molar-refractivity contribution in [2.24, 2.45) is 11.3 Å². The Bertz CT molecular complexity index is 215. The van der Waals surface area contributed by atoms with E-state index in [4.69, 9.17) is 4.74 Å². The number of hydrogen-bond acceptors (Lipinski definition) is 2. The van der Waals surface area contributed by atoms with Crippen LogP contribution in [-0.2, 0) is 4.74 Å². The summed E-state index contributed by atoms with van der Waals surface area (Å²) in [5.74, 6) is 0.877. The molecule has 0 aromatic carbocycles. The molecule has 0 bridgehead atoms. The quantitative estimate of drug-likeness (QED) is 0.774. The molecule has 2 heteroatoms. The lowest BCUT2D eigenvalue weighted by Gasteiger charge is -2.57. The standard InChI is InChI=1S/C13H25NO/c1-12(2,14-3)13(9-15-10-13)11-7-5-4-6-8-11/h11,14H,4-10H2,1-3H3. The second-order valence-electron chi connectivity index (χ2n) is 5.86. The Labute approximate surface area is 93.8 Å². The Morgan fingerprint density at radius 1 is 1.13 bits per heavy atom. The third kappa shape index (κ3) is 1.72. The first-order valence-electron chi connectivity index (χ1n) is 6.39. The molecule has 0 unspecified atom stereocenters. The molecule has 2 aliphatic rings. The first-order valence-corrected chi connectivity index (χ1v) is 6.39. The van der Waals surface area contributed by atoms with Crippen LogP contribution < -0.4 is 5.32 Å². The van der Waals surface area contributed by atoms with Gasteiger partial charge in [0.25, 0.3) is 0 Å². The van der Waals surface area contributed by atoms with Crippen LogP contribution in [0.2, 0.25) is 0 Å². The Morgan fingerprint density at radius 2 is 1.73 bits per heavy atom. The van der Waals surface area contributed by atoms with E-state index in [2.05, 4.69) is 26.2 Å². The van der Waals surface area contributed by atoms with Gasteiger partial charge in [-0.1, -0.05) is 19.3 Å². The Hall–Kier alpha value is -0.0800. The Kier molecular flexibility index (Phi) is 3.09. The van der Waals surface area contributed by atoms with Crippen LogP contribution >= 0.6 is 0 Å². The van der Waals surface area contributed by atoms with Crippen molar-refractivity contribution in [3.8, 4) is 0 Å². The molecule has 2 nitrogen and oxygen atoms in total. The van der Waals surface area contributed by atoms with Crippen LogP contribution in [0.5, 0.6) is 0 Å². The lowest BCUT2D eigenvalue weighted by Crippen LogP contribution is -2.66. The summed E-state index contributed by atoms with van der Waals surface area (Å²) < 4.78 is 5.54. The van der Waals surface area contributed by atoms with Gasteiger partial charge >= 0.3 is 0 Å². The summed E-state index contributed by atoms with van der Waals surface area (Å²) in [6.07, 6.45) is 7.11. The third-order valence-corrected chi connectivity index (χ3v) is 4.98. The van der Waals surface area contributed by atoms with E-state index in [1.165, 1.54) is 32.1 Å². The minimum Gasteiger partial charge on any atom is -0.380 e. The normalized spacial score (nSPS) is 27.4. The molecule has 15 heavy (non-hydrogen) atoms. The average molecular weight is 211 g/mol. The topological polar surface area (TPSA) is 21.3 Å². The highest BCUT2D eigenvalue weighted by molar-refractivity contribution is 5.06. The van der Waals surface area contributed by atoms with Crippen molar-refractivity contribution in [3.63, 3.8) is 0 Å². The van der Waals surface area contributed by atoms with Gasteiger partial charge < -0.3 is 10.1 Å². The fourth-order valence-electron chi connectivity index (χ4n) is 3.33. The Balaban J connectivity index is 2.13. The van der Waals surface area contributed by atoms with Gasteiger partial charge in [-0.15, -0.1) is 0 Å². The second kappa shape index (κ2) is 4.06. The van der Waals surface area contributed by atoms with E-state index in [0.29, 0.717) is 5.41 Å². The van der Waals surface area contributed by atoms with Crippen molar-refractivity contribution in [1.29, 1.82) is 0 Å². The molecular formula is C13H25NO. The van der Waals surface area contributed by atoms with E-state index in [1.54, 1.807) is 0 Å². The molecule has 1 aliphatic carbocycles. The molecule has 88 valence electrons. The average Bonchev–Trinajstić information content (AvgIpc) is 2.17. The van der Waals surface area contributed by atoms with Crippen molar-refractivity contribution >= 4 is 0 Å². The molecule has 1 saturated carbocycles. The van der Waals surface area contributed by atoms with E-state index in [0.717, 1.165) is 19.1 Å². The molecule has 0 amide bonds. The van der Waals surface area contributed by atoms with Crippen LogP contribution in [0.3, 0.4) is 0 Å². The van der Waals surface area contributed by atoms with E-state index in [9.17, 15) is 0 Å². The molecule has 1 aliphatic heterocycles. The number of rotatable bonds is 3. The lowest BCUT2D eigenvalue weighted by molar-refractivity contribution is -0.191. The molecule has 0 atom stereocenters. The number of ether oxygens (including phenoxy) is 1. The van der Waals surface area contributed by atoms with E-state index in [1.807, 2.05) is 0 Å². The molecule has 1 heterocycles. The van der Waals surface area contributed by atoms with Crippen molar-refractivity contribution in [3.05, 3.63) is 0 Å². The van der Waals surface area contributed by atoms with Gasteiger partial charge in [0.2, 0.25) is 0 Å². The maximum Gasteiger partial charge on any atom is 0.0565 e. The van der Waals surface area contributed by atoms with Gasteiger partial charge in [-0.2, -0.15) is 0 Å². The smallest absolute Gasteiger partial charge is 0.0565 e. The summed E-state index contributed by atoms with van der Waals surface area (Å²) >= 11 is 0. The minimum atomic E-state index is 0.216. The largest absolute Gasteiger partial charge is 0.380 e.